The predicted octanol–water partition coefficient (Wildman–Crippen LogP) is 3.50. The SMILES string of the molecule is CN(C)c1ccc(C2/C(=C(/O)c3ccc4c(c3)OCO4)C(=O)C(=O)N2Cc2ccccn2)cc1. The Bertz CT molecular complexity index is 1290. The lowest BCUT2D eigenvalue weighted by molar-refractivity contribution is -0.140. The van der Waals surface area contributed by atoms with Gasteiger partial charge in [-0.1, -0.05) is 18.2 Å². The van der Waals surface area contributed by atoms with Gasteiger partial charge in [0.2, 0.25) is 6.79 Å². The second kappa shape index (κ2) is 8.55. The molecule has 1 aromatic heterocycles. The number of likely N-dealkylation sites (tertiary alicyclic amines) is 1. The lowest BCUT2D eigenvalue weighted by Crippen LogP contribution is -2.29. The third-order valence-corrected chi connectivity index (χ3v) is 5.97. The van der Waals surface area contributed by atoms with Gasteiger partial charge in [0, 0.05) is 31.5 Å². The number of benzene rings is 2. The molecule has 1 fully saturated rings. The zero-order valence-electron chi connectivity index (χ0n) is 18.8. The summed E-state index contributed by atoms with van der Waals surface area (Å²) in [6.07, 6.45) is 1.64. The van der Waals surface area contributed by atoms with Gasteiger partial charge in [0.1, 0.15) is 5.76 Å². The first-order valence-electron chi connectivity index (χ1n) is 10.8. The Kier molecular flexibility index (Phi) is 5.41. The lowest BCUT2D eigenvalue weighted by atomic mass is 9.95. The molecule has 172 valence electrons. The van der Waals surface area contributed by atoms with Crippen molar-refractivity contribution >= 4 is 23.1 Å². The van der Waals surface area contributed by atoms with E-state index in [4.69, 9.17) is 9.47 Å². The largest absolute Gasteiger partial charge is 0.507 e. The van der Waals surface area contributed by atoms with Gasteiger partial charge in [-0.15, -0.1) is 0 Å². The highest BCUT2D eigenvalue weighted by Gasteiger charge is 2.46. The average molecular weight is 457 g/mol. The number of carbonyl (C=O) groups excluding carboxylic acids is 2. The molecular weight excluding hydrogens is 434 g/mol. The number of aromatic nitrogens is 1. The third-order valence-electron chi connectivity index (χ3n) is 5.97. The van der Waals surface area contributed by atoms with Crippen LogP contribution in [0.2, 0.25) is 0 Å². The van der Waals surface area contributed by atoms with Crippen molar-refractivity contribution in [1.29, 1.82) is 0 Å². The summed E-state index contributed by atoms with van der Waals surface area (Å²) >= 11 is 0. The number of pyridine rings is 1. The Morgan fingerprint density at radius 1 is 1.06 bits per heavy atom. The summed E-state index contributed by atoms with van der Waals surface area (Å²) in [6, 6.07) is 17.1. The van der Waals surface area contributed by atoms with Crippen molar-refractivity contribution in [2.24, 2.45) is 0 Å². The van der Waals surface area contributed by atoms with E-state index in [0.29, 0.717) is 28.3 Å². The van der Waals surface area contributed by atoms with E-state index in [1.54, 1.807) is 36.5 Å². The van der Waals surface area contributed by atoms with E-state index in [1.165, 1.54) is 4.90 Å². The summed E-state index contributed by atoms with van der Waals surface area (Å²) in [5.74, 6) is -0.661. The number of nitrogens with zero attached hydrogens (tertiary/aromatic N) is 3. The van der Waals surface area contributed by atoms with Gasteiger partial charge in [0.25, 0.3) is 11.7 Å². The van der Waals surface area contributed by atoms with Gasteiger partial charge < -0.3 is 24.4 Å². The number of fused-ring (bicyclic) bond motifs is 1. The number of hydrogen-bond donors (Lipinski definition) is 1. The van der Waals surface area contributed by atoms with Gasteiger partial charge in [0.15, 0.2) is 11.5 Å². The highest BCUT2D eigenvalue weighted by molar-refractivity contribution is 6.46. The molecule has 8 nitrogen and oxygen atoms in total. The van der Waals surface area contributed by atoms with E-state index in [-0.39, 0.29) is 24.7 Å². The van der Waals surface area contributed by atoms with Gasteiger partial charge in [-0.3, -0.25) is 14.6 Å². The number of ether oxygens (including phenoxy) is 2. The number of Topliss-reactive ketones (excluding diaryl/α,β-unsaturated/α-hetero) is 1. The minimum atomic E-state index is -0.774. The minimum absolute atomic E-state index is 0.0254. The van der Waals surface area contributed by atoms with Crippen molar-refractivity contribution in [3.63, 3.8) is 0 Å². The molecule has 3 aromatic rings. The van der Waals surface area contributed by atoms with Gasteiger partial charge in [0.05, 0.1) is 23.9 Å². The number of ketones is 1. The maximum atomic E-state index is 13.2. The van der Waals surface area contributed by atoms with Crippen molar-refractivity contribution in [2.45, 2.75) is 12.6 Å². The molecule has 2 aliphatic heterocycles. The van der Waals surface area contributed by atoms with Crippen molar-refractivity contribution in [3.8, 4) is 11.5 Å². The average Bonchev–Trinajstić information content (AvgIpc) is 3.42. The second-order valence-corrected chi connectivity index (χ2v) is 8.30. The highest BCUT2D eigenvalue weighted by Crippen LogP contribution is 2.42. The molecule has 8 heteroatoms. The van der Waals surface area contributed by atoms with Crippen LogP contribution in [0.15, 0.2) is 72.4 Å². The molecule has 5 rings (SSSR count). The number of hydrogen-bond acceptors (Lipinski definition) is 7. The summed E-state index contributed by atoms with van der Waals surface area (Å²) in [6.45, 7) is 0.218. The second-order valence-electron chi connectivity index (χ2n) is 8.30. The molecular formula is C26H23N3O5. The monoisotopic (exact) mass is 457 g/mol. The van der Waals surface area contributed by atoms with Crippen LogP contribution >= 0.6 is 0 Å². The van der Waals surface area contributed by atoms with Crippen LogP contribution in [0.4, 0.5) is 5.69 Å². The Balaban J connectivity index is 1.63. The Hall–Kier alpha value is -4.33. The van der Waals surface area contributed by atoms with Crippen LogP contribution in [0, 0.1) is 0 Å². The molecule has 0 aliphatic carbocycles. The van der Waals surface area contributed by atoms with Crippen LogP contribution < -0.4 is 14.4 Å². The number of amides is 1. The van der Waals surface area contributed by atoms with Crippen LogP contribution in [0.3, 0.4) is 0 Å². The molecule has 1 N–H and O–H groups in total. The summed E-state index contributed by atoms with van der Waals surface area (Å²) < 4.78 is 10.8. The Morgan fingerprint density at radius 2 is 1.82 bits per heavy atom. The van der Waals surface area contributed by atoms with E-state index in [1.807, 2.05) is 49.3 Å². The topological polar surface area (TPSA) is 92.2 Å². The van der Waals surface area contributed by atoms with Gasteiger partial charge >= 0.3 is 0 Å². The van der Waals surface area contributed by atoms with Gasteiger partial charge in [-0.05, 0) is 48.0 Å². The molecule has 1 saturated heterocycles. The molecule has 2 aromatic carbocycles. The maximum absolute atomic E-state index is 13.2. The van der Waals surface area contributed by atoms with Gasteiger partial charge in [-0.25, -0.2) is 0 Å². The quantitative estimate of drug-likeness (QED) is 0.356. The van der Waals surface area contributed by atoms with E-state index in [9.17, 15) is 14.7 Å². The van der Waals surface area contributed by atoms with Crippen LogP contribution in [0.5, 0.6) is 11.5 Å². The number of carbonyl (C=O) groups is 2. The molecule has 1 amide bonds. The van der Waals surface area contributed by atoms with Crippen LogP contribution in [-0.2, 0) is 16.1 Å². The minimum Gasteiger partial charge on any atom is -0.507 e. The van der Waals surface area contributed by atoms with Crippen molar-refractivity contribution < 1.29 is 24.2 Å². The van der Waals surface area contributed by atoms with Crippen molar-refractivity contribution in [2.75, 3.05) is 25.8 Å². The fourth-order valence-corrected chi connectivity index (χ4v) is 4.21. The first-order chi connectivity index (χ1) is 16.4. The Morgan fingerprint density at radius 3 is 2.53 bits per heavy atom. The third kappa shape index (κ3) is 3.73. The first-order valence-corrected chi connectivity index (χ1v) is 10.8. The molecule has 1 atom stereocenters. The zero-order chi connectivity index (χ0) is 23.8. The molecule has 0 spiro atoms. The Labute approximate surface area is 196 Å². The molecule has 0 saturated carbocycles. The highest BCUT2D eigenvalue weighted by atomic mass is 16.7. The molecule has 0 bridgehead atoms. The zero-order valence-corrected chi connectivity index (χ0v) is 18.8. The van der Waals surface area contributed by atoms with E-state index < -0.39 is 17.7 Å². The number of aliphatic hydroxyl groups excluding tert-OH is 1. The number of rotatable bonds is 5. The smallest absolute Gasteiger partial charge is 0.296 e. The van der Waals surface area contributed by atoms with Crippen LogP contribution in [0.1, 0.15) is 22.9 Å². The number of aliphatic hydroxyl groups is 1. The van der Waals surface area contributed by atoms with E-state index >= 15 is 0 Å². The van der Waals surface area contributed by atoms with Gasteiger partial charge in [-0.2, -0.15) is 0 Å². The van der Waals surface area contributed by atoms with Crippen molar-refractivity contribution in [3.05, 3.63) is 89.3 Å². The summed E-state index contributed by atoms with van der Waals surface area (Å²) in [5.41, 5.74) is 2.72. The summed E-state index contributed by atoms with van der Waals surface area (Å²) in [5, 5.41) is 11.3. The van der Waals surface area contributed by atoms with E-state index in [0.717, 1.165) is 5.69 Å². The standard InChI is InChI=1S/C26H23N3O5/c1-28(2)19-9-6-16(7-10-19)23-22(24(30)17-8-11-20-21(13-17)34-15-33-20)25(31)26(32)29(23)14-18-5-3-4-12-27-18/h3-13,23,30H,14-15H2,1-2H3/b24-22-. The fraction of sp³-hybridized carbons (Fsp3) is 0.192. The van der Waals surface area contributed by atoms with Crippen molar-refractivity contribution in [1.82, 2.24) is 9.88 Å². The van der Waals surface area contributed by atoms with Crippen LogP contribution in [0.25, 0.3) is 5.76 Å². The molecule has 34 heavy (non-hydrogen) atoms. The molecule has 1 unspecified atom stereocenters. The fourth-order valence-electron chi connectivity index (χ4n) is 4.21. The molecule has 0 radical (unpaired) electrons. The maximum Gasteiger partial charge on any atom is 0.296 e. The lowest BCUT2D eigenvalue weighted by Gasteiger charge is -2.25. The summed E-state index contributed by atoms with van der Waals surface area (Å²) in [7, 11) is 3.86. The normalized spacial score (nSPS) is 18.4. The van der Waals surface area contributed by atoms with E-state index in [2.05, 4.69) is 4.98 Å². The number of anilines is 1. The summed E-state index contributed by atoms with van der Waals surface area (Å²) in [4.78, 5) is 34.1. The molecule has 3 heterocycles. The van der Waals surface area contributed by atoms with Crippen LogP contribution in [-0.4, -0.2) is 47.6 Å². The first kappa shape index (κ1) is 21.5. The molecule has 2 aliphatic rings. The predicted molar refractivity (Wildman–Crippen MR) is 125 cm³/mol.